The Morgan fingerprint density at radius 3 is 2.67 bits per heavy atom. The first-order valence-corrected chi connectivity index (χ1v) is 8.21. The number of allylic oxidation sites excluding steroid dienone is 6. The average Bonchev–Trinajstić information content (AvgIpc) is 2.55. The maximum absolute atomic E-state index is 4.53. The number of fused-ring (bicyclic) bond motifs is 1. The smallest absolute Gasteiger partial charge is 0.0693 e. The van der Waals surface area contributed by atoms with Gasteiger partial charge < -0.3 is 0 Å². The van der Waals surface area contributed by atoms with Crippen molar-refractivity contribution in [3.05, 3.63) is 59.5 Å². The zero-order chi connectivity index (χ0) is 15.7. The van der Waals surface area contributed by atoms with Gasteiger partial charge in [0.15, 0.2) is 0 Å². The summed E-state index contributed by atoms with van der Waals surface area (Å²) >= 11 is 0. The highest BCUT2D eigenvalue weighted by Gasteiger charge is 2.14. The predicted octanol–water partition coefficient (Wildman–Crippen LogP) is 5.99. The van der Waals surface area contributed by atoms with Crippen LogP contribution in [0.3, 0.4) is 0 Å². The summed E-state index contributed by atoms with van der Waals surface area (Å²) in [7, 11) is 0. The second kappa shape index (κ2) is 9.33. The van der Waals surface area contributed by atoms with Crippen LogP contribution in [0, 0.1) is 5.92 Å². The third-order valence-electron chi connectivity index (χ3n) is 3.85. The first kappa shape index (κ1) is 17.4. The highest BCUT2D eigenvalue weighted by Crippen LogP contribution is 2.30. The summed E-state index contributed by atoms with van der Waals surface area (Å²) in [4.78, 5) is 4.53. The summed E-state index contributed by atoms with van der Waals surface area (Å²) in [6.45, 7) is 10.5. The number of nitrogens with zero attached hydrogens (tertiary/aromatic N) is 1. The van der Waals surface area contributed by atoms with Crippen molar-refractivity contribution < 1.29 is 0 Å². The third-order valence-corrected chi connectivity index (χ3v) is 3.85. The minimum Gasteiger partial charge on any atom is -0.256 e. The maximum Gasteiger partial charge on any atom is 0.0693 e. The summed E-state index contributed by atoms with van der Waals surface area (Å²) in [5, 5.41) is 0. The Morgan fingerprint density at radius 1 is 1.24 bits per heavy atom. The van der Waals surface area contributed by atoms with Crippen LogP contribution in [0.5, 0.6) is 0 Å². The van der Waals surface area contributed by atoms with Gasteiger partial charge >= 0.3 is 0 Å². The van der Waals surface area contributed by atoms with Gasteiger partial charge in [-0.15, -0.1) is 0 Å². The molecule has 1 nitrogen and oxygen atoms in total. The van der Waals surface area contributed by atoms with Crippen LogP contribution >= 0.6 is 0 Å². The molecule has 0 radical (unpaired) electrons. The van der Waals surface area contributed by atoms with E-state index in [4.69, 9.17) is 0 Å². The van der Waals surface area contributed by atoms with Crippen LogP contribution in [-0.2, 0) is 6.42 Å². The van der Waals surface area contributed by atoms with E-state index in [0.29, 0.717) is 5.92 Å². The van der Waals surface area contributed by atoms with Crippen LogP contribution in [0.2, 0.25) is 0 Å². The van der Waals surface area contributed by atoms with Gasteiger partial charge in [0.2, 0.25) is 0 Å². The lowest BCUT2D eigenvalue weighted by Crippen LogP contribution is -2.04. The van der Waals surface area contributed by atoms with E-state index in [9.17, 15) is 0 Å². The Morgan fingerprint density at radius 2 is 2.00 bits per heavy atom. The van der Waals surface area contributed by atoms with E-state index < -0.39 is 0 Å². The summed E-state index contributed by atoms with van der Waals surface area (Å²) in [5.74, 6) is 0.551. The molecule has 0 aromatic carbocycles. The average molecular weight is 283 g/mol. The standard InChI is InChI=1S/C18H23N.C2H6/c1-4-7-15(5-2)9-10-16-11-12-17-8-6-13-19-18(17)14(16)3;1-2/h4,6-10,13,15H,5,11-12H2,1-3H3;1-2H3/b7-4-,10-9-;. The molecule has 1 aromatic heterocycles. The lowest BCUT2D eigenvalue weighted by Gasteiger charge is -2.18. The monoisotopic (exact) mass is 283 g/mol. The fourth-order valence-electron chi connectivity index (χ4n) is 2.62. The number of hydrogen-bond acceptors (Lipinski definition) is 1. The molecule has 0 fully saturated rings. The van der Waals surface area contributed by atoms with Crippen LogP contribution in [-0.4, -0.2) is 4.98 Å². The Kier molecular flexibility index (Phi) is 7.74. The molecule has 114 valence electrons. The fourth-order valence-corrected chi connectivity index (χ4v) is 2.62. The minimum atomic E-state index is 0.551. The lowest BCUT2D eigenvalue weighted by atomic mass is 9.89. The van der Waals surface area contributed by atoms with E-state index in [1.807, 2.05) is 26.1 Å². The van der Waals surface area contributed by atoms with Crippen molar-refractivity contribution in [1.82, 2.24) is 4.98 Å². The van der Waals surface area contributed by atoms with E-state index >= 15 is 0 Å². The van der Waals surface area contributed by atoms with Crippen molar-refractivity contribution in [2.75, 3.05) is 0 Å². The SMILES string of the molecule is C/C=C\C(/C=C\C1=C(C)c2ncccc2CC1)CC.CC. The van der Waals surface area contributed by atoms with Gasteiger partial charge in [0.05, 0.1) is 5.69 Å². The second-order valence-electron chi connectivity index (χ2n) is 5.12. The van der Waals surface area contributed by atoms with Crippen LogP contribution < -0.4 is 0 Å². The van der Waals surface area contributed by atoms with Gasteiger partial charge in [0.25, 0.3) is 0 Å². The normalized spacial score (nSPS) is 15.9. The van der Waals surface area contributed by atoms with E-state index in [-0.39, 0.29) is 0 Å². The molecule has 21 heavy (non-hydrogen) atoms. The molecule has 1 unspecified atom stereocenters. The van der Waals surface area contributed by atoms with Gasteiger partial charge in [0.1, 0.15) is 0 Å². The molecule has 0 saturated heterocycles. The summed E-state index contributed by atoms with van der Waals surface area (Å²) in [5.41, 5.74) is 5.35. The van der Waals surface area contributed by atoms with Gasteiger partial charge in [0, 0.05) is 6.20 Å². The van der Waals surface area contributed by atoms with Crippen molar-refractivity contribution in [3.63, 3.8) is 0 Å². The molecular formula is C20H29N. The Bertz CT molecular complexity index is 520. The molecule has 1 heterocycles. The van der Waals surface area contributed by atoms with Crippen LogP contribution in [0.15, 0.2) is 48.2 Å². The molecule has 0 saturated carbocycles. The number of rotatable bonds is 4. The topological polar surface area (TPSA) is 12.9 Å². The molecule has 0 bridgehead atoms. The minimum absolute atomic E-state index is 0.551. The Hall–Kier alpha value is -1.63. The first-order chi connectivity index (χ1) is 10.3. The number of aryl methyl sites for hydroxylation is 1. The molecular weight excluding hydrogens is 254 g/mol. The maximum atomic E-state index is 4.53. The molecule has 2 rings (SSSR count). The van der Waals surface area contributed by atoms with Gasteiger partial charge in [-0.05, 0) is 61.8 Å². The van der Waals surface area contributed by atoms with Crippen LogP contribution in [0.25, 0.3) is 5.57 Å². The van der Waals surface area contributed by atoms with E-state index in [2.05, 4.69) is 56.1 Å². The zero-order valence-electron chi connectivity index (χ0n) is 14.2. The largest absolute Gasteiger partial charge is 0.256 e. The number of pyridine rings is 1. The second-order valence-corrected chi connectivity index (χ2v) is 5.12. The van der Waals surface area contributed by atoms with Crippen LogP contribution in [0.1, 0.15) is 58.7 Å². The Labute approximate surface area is 130 Å². The van der Waals surface area contributed by atoms with E-state index in [0.717, 1.165) is 19.3 Å². The number of aromatic nitrogens is 1. The van der Waals surface area contributed by atoms with Crippen molar-refractivity contribution in [1.29, 1.82) is 0 Å². The number of hydrogen-bond donors (Lipinski definition) is 0. The van der Waals surface area contributed by atoms with E-state index in [1.54, 1.807) is 0 Å². The van der Waals surface area contributed by atoms with Crippen molar-refractivity contribution >= 4 is 5.57 Å². The van der Waals surface area contributed by atoms with E-state index in [1.165, 1.54) is 22.4 Å². The van der Waals surface area contributed by atoms with Crippen molar-refractivity contribution in [3.8, 4) is 0 Å². The van der Waals surface area contributed by atoms with Crippen molar-refractivity contribution in [2.45, 2.75) is 53.9 Å². The zero-order valence-corrected chi connectivity index (χ0v) is 14.2. The quantitative estimate of drug-likeness (QED) is 0.619. The highest BCUT2D eigenvalue weighted by molar-refractivity contribution is 5.70. The molecule has 0 aliphatic heterocycles. The summed E-state index contributed by atoms with van der Waals surface area (Å²) in [6, 6.07) is 4.23. The molecule has 1 aromatic rings. The molecule has 1 aliphatic carbocycles. The molecule has 0 spiro atoms. The van der Waals surface area contributed by atoms with Gasteiger partial charge in [-0.25, -0.2) is 0 Å². The molecule has 1 heteroatoms. The van der Waals surface area contributed by atoms with Gasteiger partial charge in [-0.3, -0.25) is 4.98 Å². The first-order valence-electron chi connectivity index (χ1n) is 8.21. The molecule has 0 amide bonds. The third kappa shape index (κ3) is 4.70. The molecule has 0 N–H and O–H groups in total. The van der Waals surface area contributed by atoms with Crippen molar-refractivity contribution in [2.24, 2.45) is 5.92 Å². The van der Waals surface area contributed by atoms with Gasteiger partial charge in [-0.2, -0.15) is 0 Å². The Balaban J connectivity index is 0.00000106. The highest BCUT2D eigenvalue weighted by atomic mass is 14.7. The van der Waals surface area contributed by atoms with Gasteiger partial charge in [-0.1, -0.05) is 51.1 Å². The lowest BCUT2D eigenvalue weighted by molar-refractivity contribution is 0.770. The summed E-state index contributed by atoms with van der Waals surface area (Å²) in [6.07, 6.45) is 14.3. The molecule has 1 aliphatic rings. The summed E-state index contributed by atoms with van der Waals surface area (Å²) < 4.78 is 0. The van der Waals surface area contributed by atoms with Crippen LogP contribution in [0.4, 0.5) is 0 Å². The molecule has 1 atom stereocenters. The predicted molar refractivity (Wildman–Crippen MR) is 94.2 cm³/mol. The fraction of sp³-hybridized carbons (Fsp3) is 0.450.